The lowest BCUT2D eigenvalue weighted by Crippen LogP contribution is -2.31. The number of hydrogen-bond donors (Lipinski definition) is 1. The Kier molecular flexibility index (Phi) is 4.77. The van der Waals surface area contributed by atoms with Crippen LogP contribution in [0.3, 0.4) is 0 Å². The second kappa shape index (κ2) is 6.46. The first-order valence-corrected chi connectivity index (χ1v) is 7.23. The number of nitrogens with one attached hydrogen (secondary N) is 1. The lowest BCUT2D eigenvalue weighted by molar-refractivity contribution is -0.137. The molecular weight excluding hydrogens is 323 g/mol. The Bertz CT molecular complexity index is 794. The van der Waals surface area contributed by atoms with Gasteiger partial charge in [0.25, 0.3) is 11.7 Å². The minimum Gasteiger partial charge on any atom is -0.349 e. The number of carbonyl (C=O) groups is 2. The summed E-state index contributed by atoms with van der Waals surface area (Å²) in [7, 11) is 0. The monoisotopic (exact) mass is 339 g/mol. The molecule has 0 aliphatic heterocycles. The molecule has 1 aromatic heterocycles. The van der Waals surface area contributed by atoms with Crippen molar-refractivity contribution in [3.63, 3.8) is 0 Å². The largest absolute Gasteiger partial charge is 0.416 e. The van der Waals surface area contributed by atoms with Crippen LogP contribution in [-0.4, -0.2) is 28.0 Å². The number of likely N-dealkylation sites (N-methyl/N-ethyl adjacent to an activating group) is 1. The Morgan fingerprint density at radius 2 is 1.92 bits per heavy atom. The van der Waals surface area contributed by atoms with Crippen LogP contribution in [0.4, 0.5) is 13.2 Å². The van der Waals surface area contributed by atoms with Crippen LogP contribution < -0.4 is 5.32 Å². The predicted molar refractivity (Wildman–Crippen MR) is 81.1 cm³/mol. The minimum atomic E-state index is -4.48. The number of hydrogen-bond acceptors (Lipinski definition) is 3. The molecule has 1 amide bonds. The van der Waals surface area contributed by atoms with Crippen LogP contribution in [0.25, 0.3) is 5.69 Å². The van der Waals surface area contributed by atoms with Gasteiger partial charge in [-0.25, -0.2) is 4.68 Å². The first kappa shape index (κ1) is 17.7. The molecule has 0 unspecified atom stereocenters. The van der Waals surface area contributed by atoms with Gasteiger partial charge in [0.05, 0.1) is 28.2 Å². The number of carbonyl (C=O) groups excluding carboxylic acids is 2. The number of aryl methyl sites for hydroxylation is 1. The lowest BCUT2D eigenvalue weighted by atomic mass is 10.1. The maximum absolute atomic E-state index is 12.9. The second-order valence-corrected chi connectivity index (χ2v) is 5.19. The van der Waals surface area contributed by atoms with Gasteiger partial charge in [0.1, 0.15) is 0 Å². The number of alkyl halides is 3. The number of ketones is 1. The Morgan fingerprint density at radius 1 is 1.25 bits per heavy atom. The topological polar surface area (TPSA) is 64.0 Å². The zero-order valence-corrected chi connectivity index (χ0v) is 13.4. The van der Waals surface area contributed by atoms with E-state index in [0.717, 1.165) is 12.1 Å². The van der Waals surface area contributed by atoms with Crippen molar-refractivity contribution in [2.24, 2.45) is 0 Å². The number of aromatic nitrogens is 2. The molecule has 2 aromatic rings. The molecule has 2 rings (SSSR count). The lowest BCUT2D eigenvalue weighted by Gasteiger charge is -2.10. The summed E-state index contributed by atoms with van der Waals surface area (Å²) in [5.74, 6) is -1.53. The summed E-state index contributed by atoms with van der Waals surface area (Å²) in [6.07, 6.45) is -4.48. The summed E-state index contributed by atoms with van der Waals surface area (Å²) in [5, 5.41) is 6.52. The second-order valence-electron chi connectivity index (χ2n) is 5.19. The van der Waals surface area contributed by atoms with E-state index in [1.165, 1.54) is 30.7 Å². The van der Waals surface area contributed by atoms with E-state index in [0.29, 0.717) is 12.2 Å². The van der Waals surface area contributed by atoms with E-state index in [2.05, 4.69) is 10.4 Å². The number of Topliss-reactive ketones (excluding diaryl/α,β-unsaturated/α-hetero) is 1. The smallest absolute Gasteiger partial charge is 0.349 e. The van der Waals surface area contributed by atoms with Crippen molar-refractivity contribution in [2.75, 3.05) is 6.54 Å². The maximum Gasteiger partial charge on any atom is 0.416 e. The van der Waals surface area contributed by atoms with Crippen LogP contribution in [0.1, 0.15) is 34.2 Å². The van der Waals surface area contributed by atoms with E-state index in [1.807, 2.05) is 0 Å². The Balaban J connectivity index is 2.50. The van der Waals surface area contributed by atoms with Gasteiger partial charge < -0.3 is 5.32 Å². The van der Waals surface area contributed by atoms with Crippen molar-refractivity contribution < 1.29 is 22.8 Å². The summed E-state index contributed by atoms with van der Waals surface area (Å²) in [4.78, 5) is 23.9. The van der Waals surface area contributed by atoms with E-state index in [1.54, 1.807) is 6.92 Å². The summed E-state index contributed by atoms with van der Waals surface area (Å²) in [6.45, 7) is 5.04. The van der Waals surface area contributed by atoms with Crippen LogP contribution in [-0.2, 0) is 11.0 Å². The third kappa shape index (κ3) is 3.32. The van der Waals surface area contributed by atoms with Crippen molar-refractivity contribution in [2.45, 2.75) is 26.9 Å². The highest BCUT2D eigenvalue weighted by Gasteiger charge is 2.31. The van der Waals surface area contributed by atoms with Crippen LogP contribution in [0, 0.1) is 13.8 Å². The van der Waals surface area contributed by atoms with E-state index in [9.17, 15) is 22.8 Å². The molecule has 128 valence electrons. The summed E-state index contributed by atoms with van der Waals surface area (Å²) < 4.78 is 39.8. The van der Waals surface area contributed by atoms with E-state index < -0.39 is 23.4 Å². The molecule has 0 fully saturated rings. The first-order chi connectivity index (χ1) is 11.2. The van der Waals surface area contributed by atoms with Crippen LogP contribution in [0.5, 0.6) is 0 Å². The Hall–Kier alpha value is -2.64. The van der Waals surface area contributed by atoms with Gasteiger partial charge in [0, 0.05) is 6.54 Å². The van der Waals surface area contributed by atoms with E-state index in [4.69, 9.17) is 0 Å². The number of amides is 1. The Labute approximate surface area is 136 Å². The number of halogens is 3. The Morgan fingerprint density at radius 3 is 2.50 bits per heavy atom. The van der Waals surface area contributed by atoms with Crippen molar-refractivity contribution in [1.82, 2.24) is 15.1 Å². The SMILES string of the molecule is CCNC(=O)C(=O)c1c(C)nn(-c2cccc(C(F)(F)F)c2)c1C. The first-order valence-electron chi connectivity index (χ1n) is 7.23. The molecule has 0 aliphatic carbocycles. The molecule has 1 N–H and O–H groups in total. The average molecular weight is 339 g/mol. The normalized spacial score (nSPS) is 11.4. The van der Waals surface area contributed by atoms with Crippen molar-refractivity contribution >= 4 is 11.7 Å². The van der Waals surface area contributed by atoms with Gasteiger partial charge in [-0.15, -0.1) is 0 Å². The van der Waals surface area contributed by atoms with Gasteiger partial charge in [-0.2, -0.15) is 18.3 Å². The molecule has 0 radical (unpaired) electrons. The van der Waals surface area contributed by atoms with Gasteiger partial charge in [0.2, 0.25) is 0 Å². The van der Waals surface area contributed by atoms with Gasteiger partial charge in [-0.1, -0.05) is 6.07 Å². The van der Waals surface area contributed by atoms with Gasteiger partial charge in [-0.05, 0) is 39.0 Å². The standard InChI is InChI=1S/C16H16F3N3O2/c1-4-20-15(24)14(23)13-9(2)21-22(10(13)3)12-7-5-6-11(8-12)16(17,18)19/h5-8H,4H2,1-3H3,(H,20,24). The molecule has 1 heterocycles. The summed E-state index contributed by atoms with van der Waals surface area (Å²) in [5.41, 5.74) is 0.0344. The molecule has 24 heavy (non-hydrogen) atoms. The highest BCUT2D eigenvalue weighted by molar-refractivity contribution is 6.43. The van der Waals surface area contributed by atoms with E-state index in [-0.39, 0.29) is 16.9 Å². The molecule has 8 heteroatoms. The third-order valence-electron chi connectivity index (χ3n) is 3.48. The molecule has 0 saturated carbocycles. The zero-order valence-electron chi connectivity index (χ0n) is 13.4. The summed E-state index contributed by atoms with van der Waals surface area (Å²) >= 11 is 0. The van der Waals surface area contributed by atoms with Crippen molar-refractivity contribution in [3.8, 4) is 5.69 Å². The average Bonchev–Trinajstić information content (AvgIpc) is 2.81. The zero-order chi connectivity index (χ0) is 18.1. The van der Waals surface area contributed by atoms with Crippen LogP contribution in [0.15, 0.2) is 24.3 Å². The molecule has 0 bridgehead atoms. The fourth-order valence-electron chi connectivity index (χ4n) is 2.39. The number of nitrogens with zero attached hydrogens (tertiary/aromatic N) is 2. The number of rotatable bonds is 4. The van der Waals surface area contributed by atoms with Crippen LogP contribution >= 0.6 is 0 Å². The summed E-state index contributed by atoms with van der Waals surface area (Å²) in [6, 6.07) is 4.62. The van der Waals surface area contributed by atoms with E-state index >= 15 is 0 Å². The fraction of sp³-hybridized carbons (Fsp3) is 0.312. The molecular formula is C16H16F3N3O2. The van der Waals surface area contributed by atoms with Crippen molar-refractivity contribution in [1.29, 1.82) is 0 Å². The maximum atomic E-state index is 12.9. The van der Waals surface area contributed by atoms with Crippen LogP contribution in [0.2, 0.25) is 0 Å². The third-order valence-corrected chi connectivity index (χ3v) is 3.48. The minimum absolute atomic E-state index is 0.0957. The van der Waals surface area contributed by atoms with Gasteiger partial charge >= 0.3 is 6.18 Å². The molecule has 1 aromatic carbocycles. The molecule has 0 saturated heterocycles. The van der Waals surface area contributed by atoms with Crippen molar-refractivity contribution in [3.05, 3.63) is 46.8 Å². The van der Waals surface area contributed by atoms with Gasteiger partial charge in [-0.3, -0.25) is 9.59 Å². The fourth-order valence-corrected chi connectivity index (χ4v) is 2.39. The molecule has 0 atom stereocenters. The molecule has 0 aliphatic rings. The highest BCUT2D eigenvalue weighted by atomic mass is 19.4. The molecule has 5 nitrogen and oxygen atoms in total. The quantitative estimate of drug-likeness (QED) is 0.688. The highest BCUT2D eigenvalue weighted by Crippen LogP contribution is 2.30. The predicted octanol–water partition coefficient (Wildman–Crippen LogP) is 2.83. The molecule has 0 spiro atoms. The van der Waals surface area contributed by atoms with Gasteiger partial charge in [0.15, 0.2) is 0 Å². The number of benzene rings is 1.